The predicted molar refractivity (Wildman–Crippen MR) is 110 cm³/mol. The van der Waals surface area contributed by atoms with E-state index in [0.717, 1.165) is 35.9 Å². The molecule has 1 saturated heterocycles. The van der Waals surface area contributed by atoms with Crippen LogP contribution in [0.1, 0.15) is 37.0 Å². The first kappa shape index (κ1) is 20.8. The second-order valence-electron chi connectivity index (χ2n) is 7.43. The highest BCUT2D eigenvalue weighted by Gasteiger charge is 2.41. The SMILES string of the molecule is CC(C)(Sc1ccccc1)C1CCCN1C(=O)c1cc([N+](=O)[O-])cc([N+](=O)[O-])c1. The quantitative estimate of drug-likeness (QED) is 0.385. The van der Waals surface area contributed by atoms with E-state index in [1.165, 1.54) is 0 Å². The van der Waals surface area contributed by atoms with E-state index in [0.29, 0.717) is 6.54 Å². The molecule has 0 aromatic heterocycles. The molecule has 0 saturated carbocycles. The van der Waals surface area contributed by atoms with Crippen molar-refractivity contribution in [1.82, 2.24) is 4.90 Å². The van der Waals surface area contributed by atoms with E-state index in [-0.39, 0.29) is 16.4 Å². The third-order valence-corrected chi connectivity index (χ3v) is 6.32. The third-order valence-electron chi connectivity index (χ3n) is 5.01. The minimum atomic E-state index is -0.722. The van der Waals surface area contributed by atoms with E-state index in [1.807, 2.05) is 30.3 Å². The van der Waals surface area contributed by atoms with Gasteiger partial charge in [-0.2, -0.15) is 0 Å². The minimum absolute atomic E-state index is 0.0293. The molecule has 0 spiro atoms. The van der Waals surface area contributed by atoms with Crippen molar-refractivity contribution in [3.63, 3.8) is 0 Å². The normalized spacial score (nSPS) is 16.6. The number of carbonyl (C=O) groups excluding carboxylic acids is 1. The lowest BCUT2D eigenvalue weighted by Gasteiger charge is -2.37. The summed E-state index contributed by atoms with van der Waals surface area (Å²) in [5, 5.41) is 22.3. The van der Waals surface area contributed by atoms with Gasteiger partial charge in [-0.1, -0.05) is 18.2 Å². The molecular weight excluding hydrogens is 394 g/mol. The molecule has 1 amide bonds. The van der Waals surface area contributed by atoms with E-state index in [2.05, 4.69) is 13.8 Å². The van der Waals surface area contributed by atoms with Gasteiger partial charge in [-0.25, -0.2) is 0 Å². The maximum absolute atomic E-state index is 13.2. The van der Waals surface area contributed by atoms with E-state index in [1.54, 1.807) is 16.7 Å². The van der Waals surface area contributed by atoms with Crippen molar-refractivity contribution in [1.29, 1.82) is 0 Å². The Bertz CT molecular complexity index is 916. The molecule has 152 valence electrons. The molecule has 29 heavy (non-hydrogen) atoms. The Morgan fingerprint density at radius 3 is 2.21 bits per heavy atom. The summed E-state index contributed by atoms with van der Waals surface area (Å²) in [5.74, 6) is -0.416. The van der Waals surface area contributed by atoms with Crippen LogP contribution in [0.15, 0.2) is 53.4 Å². The van der Waals surface area contributed by atoms with Crippen LogP contribution < -0.4 is 0 Å². The van der Waals surface area contributed by atoms with Gasteiger partial charge in [0.2, 0.25) is 0 Å². The number of hydrogen-bond acceptors (Lipinski definition) is 6. The molecule has 0 aliphatic carbocycles. The highest BCUT2D eigenvalue weighted by molar-refractivity contribution is 8.00. The Labute approximate surface area is 172 Å². The molecule has 1 fully saturated rings. The van der Waals surface area contributed by atoms with Gasteiger partial charge < -0.3 is 4.90 Å². The summed E-state index contributed by atoms with van der Waals surface area (Å²) in [6.07, 6.45) is 1.61. The van der Waals surface area contributed by atoms with Crippen molar-refractivity contribution in [3.05, 3.63) is 74.3 Å². The van der Waals surface area contributed by atoms with Crippen molar-refractivity contribution in [2.75, 3.05) is 6.54 Å². The maximum Gasteiger partial charge on any atom is 0.277 e. The molecule has 1 atom stereocenters. The Morgan fingerprint density at radius 1 is 1.07 bits per heavy atom. The van der Waals surface area contributed by atoms with E-state index in [9.17, 15) is 25.0 Å². The predicted octanol–water partition coefficient (Wildman–Crippen LogP) is 4.68. The van der Waals surface area contributed by atoms with Crippen LogP contribution in [0.2, 0.25) is 0 Å². The Kier molecular flexibility index (Phi) is 5.88. The number of nitrogens with zero attached hydrogens (tertiary/aromatic N) is 3. The number of carbonyl (C=O) groups is 1. The third kappa shape index (κ3) is 4.56. The largest absolute Gasteiger partial charge is 0.334 e. The van der Waals surface area contributed by atoms with Gasteiger partial charge >= 0.3 is 0 Å². The molecular formula is C20H21N3O5S. The molecule has 0 radical (unpaired) electrons. The number of amides is 1. The van der Waals surface area contributed by atoms with Crippen molar-refractivity contribution in [2.45, 2.75) is 42.4 Å². The Morgan fingerprint density at radius 2 is 1.66 bits per heavy atom. The van der Waals surface area contributed by atoms with Crippen LogP contribution >= 0.6 is 11.8 Å². The standard InChI is InChI=1S/C20H21N3O5S/c1-20(2,29-17-7-4-3-5-8-17)18-9-6-10-21(18)19(24)14-11-15(22(25)26)13-16(12-14)23(27)28/h3-5,7-8,11-13,18H,6,9-10H2,1-2H3. The molecule has 1 heterocycles. The zero-order valence-electron chi connectivity index (χ0n) is 16.1. The summed E-state index contributed by atoms with van der Waals surface area (Å²) in [5.41, 5.74) is -0.953. The summed E-state index contributed by atoms with van der Waals surface area (Å²) in [6, 6.07) is 12.9. The number of likely N-dealkylation sites (tertiary alicyclic amines) is 1. The van der Waals surface area contributed by atoms with E-state index in [4.69, 9.17) is 0 Å². The van der Waals surface area contributed by atoms with Gasteiger partial charge in [0.15, 0.2) is 0 Å². The number of rotatable bonds is 6. The molecule has 1 aliphatic heterocycles. The summed E-state index contributed by atoms with van der Waals surface area (Å²) in [6.45, 7) is 4.65. The summed E-state index contributed by atoms with van der Waals surface area (Å²) >= 11 is 1.67. The highest BCUT2D eigenvalue weighted by Crippen LogP contribution is 2.41. The number of thioether (sulfide) groups is 1. The minimum Gasteiger partial charge on any atom is -0.334 e. The van der Waals surface area contributed by atoms with Crippen LogP contribution in [0.3, 0.4) is 0 Å². The van der Waals surface area contributed by atoms with E-state index >= 15 is 0 Å². The number of non-ortho nitro benzene ring substituents is 2. The summed E-state index contributed by atoms with van der Waals surface area (Å²) in [4.78, 5) is 36.8. The zero-order valence-corrected chi connectivity index (χ0v) is 16.9. The average molecular weight is 415 g/mol. The fraction of sp³-hybridized carbons (Fsp3) is 0.350. The zero-order chi connectivity index (χ0) is 21.2. The van der Waals surface area contributed by atoms with Crippen molar-refractivity contribution in [2.24, 2.45) is 0 Å². The van der Waals surface area contributed by atoms with Gasteiger partial charge in [-0.15, -0.1) is 11.8 Å². The maximum atomic E-state index is 13.2. The highest BCUT2D eigenvalue weighted by atomic mass is 32.2. The fourth-order valence-electron chi connectivity index (χ4n) is 3.69. The van der Waals surface area contributed by atoms with Gasteiger partial charge in [0.05, 0.1) is 21.5 Å². The smallest absolute Gasteiger partial charge is 0.277 e. The fourth-order valence-corrected chi connectivity index (χ4v) is 4.97. The van der Waals surface area contributed by atoms with Gasteiger partial charge in [-0.3, -0.25) is 25.0 Å². The molecule has 9 heteroatoms. The van der Waals surface area contributed by atoms with Crippen LogP contribution in [-0.4, -0.2) is 38.0 Å². The lowest BCUT2D eigenvalue weighted by molar-refractivity contribution is -0.394. The number of nitro groups is 2. The van der Waals surface area contributed by atoms with Gasteiger partial charge in [0.1, 0.15) is 0 Å². The number of nitro benzene ring substituents is 2. The van der Waals surface area contributed by atoms with Crippen LogP contribution in [0.4, 0.5) is 11.4 Å². The van der Waals surface area contributed by atoms with Crippen LogP contribution in [0, 0.1) is 20.2 Å². The average Bonchev–Trinajstić information content (AvgIpc) is 3.18. The first-order chi connectivity index (χ1) is 13.7. The molecule has 0 N–H and O–H groups in total. The Hall–Kier alpha value is -2.94. The molecule has 8 nitrogen and oxygen atoms in total. The second-order valence-corrected chi connectivity index (χ2v) is 9.16. The van der Waals surface area contributed by atoms with E-state index < -0.39 is 27.1 Å². The monoisotopic (exact) mass is 415 g/mol. The van der Waals surface area contributed by atoms with Gasteiger partial charge in [-0.05, 0) is 38.8 Å². The van der Waals surface area contributed by atoms with Crippen LogP contribution in [-0.2, 0) is 0 Å². The van der Waals surface area contributed by atoms with Crippen LogP contribution in [0.5, 0.6) is 0 Å². The molecule has 3 rings (SSSR count). The summed E-state index contributed by atoms with van der Waals surface area (Å²) in [7, 11) is 0. The lowest BCUT2D eigenvalue weighted by atomic mass is 10.00. The molecule has 1 aliphatic rings. The first-order valence-electron chi connectivity index (χ1n) is 9.18. The molecule has 0 bridgehead atoms. The summed E-state index contributed by atoms with van der Waals surface area (Å²) < 4.78 is -0.305. The van der Waals surface area contributed by atoms with Crippen LogP contribution in [0.25, 0.3) is 0 Å². The molecule has 2 aromatic carbocycles. The van der Waals surface area contributed by atoms with Gasteiger partial charge in [0.25, 0.3) is 17.3 Å². The Balaban J connectivity index is 1.90. The second kappa shape index (κ2) is 8.20. The number of hydrogen-bond donors (Lipinski definition) is 0. The van der Waals surface area contributed by atoms with Crippen molar-refractivity contribution < 1.29 is 14.6 Å². The van der Waals surface area contributed by atoms with Crippen molar-refractivity contribution in [3.8, 4) is 0 Å². The van der Waals surface area contributed by atoms with Crippen molar-refractivity contribution >= 4 is 29.0 Å². The van der Waals surface area contributed by atoms with Gasteiger partial charge in [0, 0.05) is 34.4 Å². The number of benzene rings is 2. The first-order valence-corrected chi connectivity index (χ1v) is 9.99. The lowest BCUT2D eigenvalue weighted by Crippen LogP contribution is -2.46. The molecule has 1 unspecified atom stereocenters. The molecule has 2 aromatic rings. The topological polar surface area (TPSA) is 107 Å².